The van der Waals surface area contributed by atoms with Crippen LogP contribution in [0.5, 0.6) is 5.75 Å². The lowest BCUT2D eigenvalue weighted by Gasteiger charge is -2.18. The van der Waals surface area contributed by atoms with Crippen LogP contribution in [0.2, 0.25) is 0 Å². The molecule has 11 heteroatoms. The average molecular weight is 475 g/mol. The fourth-order valence-electron chi connectivity index (χ4n) is 3.45. The highest BCUT2D eigenvalue weighted by Gasteiger charge is 2.25. The van der Waals surface area contributed by atoms with Crippen molar-refractivity contribution in [1.29, 1.82) is 0 Å². The highest BCUT2D eigenvalue weighted by atomic mass is 31.2. The zero-order valence-electron chi connectivity index (χ0n) is 19.2. The summed E-state index contributed by atoms with van der Waals surface area (Å²) in [6.07, 6.45) is 4.82. The summed E-state index contributed by atoms with van der Waals surface area (Å²) < 4.78 is 31.3. The highest BCUT2D eigenvalue weighted by Crippen LogP contribution is 2.51. The molecular formula is C22H30N5O5P. The molecule has 2 aromatic heterocycles. The summed E-state index contributed by atoms with van der Waals surface area (Å²) in [6, 6.07) is 5.22. The van der Waals surface area contributed by atoms with E-state index in [0.29, 0.717) is 47.0 Å². The normalized spacial score (nSPS) is 11.7. The van der Waals surface area contributed by atoms with E-state index in [4.69, 9.17) is 19.5 Å². The quantitative estimate of drug-likeness (QED) is 0.219. The molecule has 0 unspecified atom stereocenters. The molecule has 3 aromatic rings. The molecule has 0 atom stereocenters. The van der Waals surface area contributed by atoms with Crippen molar-refractivity contribution in [2.45, 2.75) is 46.3 Å². The average Bonchev–Trinajstić information content (AvgIpc) is 3.19. The third-order valence-electron chi connectivity index (χ3n) is 4.93. The fraction of sp³-hybridized carbons (Fsp3) is 0.455. The SMILES string of the molecule is CCOP(=O)(Cc1ccc(OCCCCn2cnc3c(N)ncnc32)c(C(C)=O)c1)OCC. The van der Waals surface area contributed by atoms with Gasteiger partial charge in [0.2, 0.25) is 0 Å². The molecule has 178 valence electrons. The van der Waals surface area contributed by atoms with Crippen LogP contribution >= 0.6 is 7.60 Å². The van der Waals surface area contributed by atoms with Crippen LogP contribution in [-0.2, 0) is 26.3 Å². The number of Topliss-reactive ketones (excluding diaryl/α,β-unsaturated/α-hetero) is 1. The molecule has 0 saturated carbocycles. The summed E-state index contributed by atoms with van der Waals surface area (Å²) in [6.45, 7) is 6.73. The number of fused-ring (bicyclic) bond motifs is 1. The highest BCUT2D eigenvalue weighted by molar-refractivity contribution is 7.53. The largest absolute Gasteiger partial charge is 0.493 e. The Morgan fingerprint density at radius 2 is 1.88 bits per heavy atom. The van der Waals surface area contributed by atoms with E-state index in [9.17, 15) is 9.36 Å². The lowest BCUT2D eigenvalue weighted by molar-refractivity contribution is 0.101. The number of carbonyl (C=O) groups excluding carboxylic acids is 1. The topological polar surface area (TPSA) is 131 Å². The molecule has 0 aliphatic rings. The Bertz CT molecular complexity index is 1140. The molecule has 0 bridgehead atoms. The first-order chi connectivity index (χ1) is 15.9. The van der Waals surface area contributed by atoms with Gasteiger partial charge in [0.15, 0.2) is 17.2 Å². The van der Waals surface area contributed by atoms with Crippen LogP contribution in [-0.4, -0.2) is 45.1 Å². The van der Waals surface area contributed by atoms with Gasteiger partial charge in [-0.15, -0.1) is 0 Å². The van der Waals surface area contributed by atoms with Crippen molar-refractivity contribution in [3.8, 4) is 5.75 Å². The molecule has 3 rings (SSSR count). The summed E-state index contributed by atoms with van der Waals surface area (Å²) in [5.74, 6) is 0.736. The summed E-state index contributed by atoms with van der Waals surface area (Å²) in [4.78, 5) is 24.6. The van der Waals surface area contributed by atoms with Crippen molar-refractivity contribution >= 4 is 30.4 Å². The number of aromatic nitrogens is 4. The van der Waals surface area contributed by atoms with Crippen LogP contribution in [0.1, 0.15) is 49.5 Å². The van der Waals surface area contributed by atoms with E-state index in [0.717, 1.165) is 12.8 Å². The lowest BCUT2D eigenvalue weighted by Crippen LogP contribution is -2.06. The molecule has 0 radical (unpaired) electrons. The van der Waals surface area contributed by atoms with Gasteiger partial charge in [0.05, 0.1) is 37.9 Å². The molecule has 0 amide bonds. The number of benzene rings is 1. The first-order valence-electron chi connectivity index (χ1n) is 10.9. The first-order valence-corrected chi connectivity index (χ1v) is 12.7. The van der Waals surface area contributed by atoms with E-state index in [1.165, 1.54) is 13.3 Å². The van der Waals surface area contributed by atoms with E-state index in [1.54, 1.807) is 38.4 Å². The Labute approximate surface area is 193 Å². The monoisotopic (exact) mass is 475 g/mol. The Morgan fingerprint density at radius 3 is 2.58 bits per heavy atom. The summed E-state index contributed by atoms with van der Waals surface area (Å²) in [5.41, 5.74) is 8.26. The minimum Gasteiger partial charge on any atom is -0.493 e. The van der Waals surface area contributed by atoms with Gasteiger partial charge in [-0.25, -0.2) is 15.0 Å². The van der Waals surface area contributed by atoms with Gasteiger partial charge in [0.25, 0.3) is 0 Å². The summed E-state index contributed by atoms with van der Waals surface area (Å²) in [7, 11) is -3.26. The van der Waals surface area contributed by atoms with Gasteiger partial charge < -0.3 is 24.1 Å². The number of ketones is 1. The number of carbonyl (C=O) groups is 1. The second-order valence-corrected chi connectivity index (χ2v) is 9.47. The van der Waals surface area contributed by atoms with Crippen LogP contribution in [0, 0.1) is 0 Å². The molecule has 0 fully saturated rings. The minimum atomic E-state index is -3.26. The Kier molecular flexibility index (Phi) is 8.55. The number of rotatable bonds is 13. The van der Waals surface area contributed by atoms with Gasteiger partial charge in [-0.3, -0.25) is 9.36 Å². The zero-order valence-corrected chi connectivity index (χ0v) is 20.1. The number of ether oxygens (including phenoxy) is 1. The number of unbranched alkanes of at least 4 members (excludes halogenated alkanes) is 1. The molecule has 0 aliphatic heterocycles. The van der Waals surface area contributed by atoms with Gasteiger partial charge in [-0.1, -0.05) is 6.07 Å². The van der Waals surface area contributed by atoms with E-state index < -0.39 is 7.60 Å². The number of anilines is 1. The Hall–Kier alpha value is -2.81. The summed E-state index contributed by atoms with van der Waals surface area (Å²) >= 11 is 0. The van der Waals surface area contributed by atoms with E-state index in [-0.39, 0.29) is 25.2 Å². The van der Waals surface area contributed by atoms with Crippen molar-refractivity contribution < 1.29 is 23.1 Å². The van der Waals surface area contributed by atoms with Crippen molar-refractivity contribution in [2.75, 3.05) is 25.6 Å². The third-order valence-corrected chi connectivity index (χ3v) is 6.99. The number of nitrogens with two attached hydrogens (primary N) is 1. The summed E-state index contributed by atoms with van der Waals surface area (Å²) in [5, 5.41) is 0. The number of imidazole rings is 1. The Morgan fingerprint density at radius 1 is 1.12 bits per heavy atom. The van der Waals surface area contributed by atoms with Crippen molar-refractivity contribution in [3.05, 3.63) is 42.0 Å². The van der Waals surface area contributed by atoms with Crippen LogP contribution < -0.4 is 10.5 Å². The molecule has 33 heavy (non-hydrogen) atoms. The van der Waals surface area contributed by atoms with Crippen LogP contribution in [0.3, 0.4) is 0 Å². The van der Waals surface area contributed by atoms with Crippen LogP contribution in [0.25, 0.3) is 11.2 Å². The van der Waals surface area contributed by atoms with E-state index in [2.05, 4.69) is 15.0 Å². The molecule has 1 aromatic carbocycles. The van der Waals surface area contributed by atoms with E-state index in [1.807, 2.05) is 4.57 Å². The molecule has 10 nitrogen and oxygen atoms in total. The molecule has 0 aliphatic carbocycles. The van der Waals surface area contributed by atoms with Gasteiger partial charge in [-0.05, 0) is 51.3 Å². The van der Waals surface area contributed by atoms with Crippen molar-refractivity contribution in [3.63, 3.8) is 0 Å². The maximum absolute atomic E-state index is 12.8. The number of hydrogen-bond donors (Lipinski definition) is 1. The lowest BCUT2D eigenvalue weighted by atomic mass is 10.1. The van der Waals surface area contributed by atoms with Gasteiger partial charge in [0, 0.05) is 6.54 Å². The standard InChI is InChI=1S/C22H30N5O5P/c1-4-31-33(29,32-5-2)13-17-8-9-19(18(12-17)16(3)28)30-11-7-6-10-27-15-26-20-21(23)24-14-25-22(20)27/h8-9,12,14-15H,4-7,10-11,13H2,1-3H3,(H2,23,24,25). The molecule has 2 N–H and O–H groups in total. The smallest absolute Gasteiger partial charge is 0.335 e. The second-order valence-electron chi connectivity index (χ2n) is 7.42. The number of aryl methyl sites for hydroxylation is 1. The van der Waals surface area contributed by atoms with Crippen LogP contribution in [0.4, 0.5) is 5.82 Å². The number of nitrogen functional groups attached to an aromatic ring is 1. The zero-order chi connectivity index (χ0) is 23.8. The second kappa shape index (κ2) is 11.4. The van der Waals surface area contributed by atoms with Crippen molar-refractivity contribution in [2.24, 2.45) is 0 Å². The van der Waals surface area contributed by atoms with Gasteiger partial charge in [0.1, 0.15) is 17.6 Å². The molecular weight excluding hydrogens is 445 g/mol. The maximum Gasteiger partial charge on any atom is 0.335 e. The Balaban J connectivity index is 1.58. The maximum atomic E-state index is 12.8. The van der Waals surface area contributed by atoms with Gasteiger partial charge in [-0.2, -0.15) is 0 Å². The third kappa shape index (κ3) is 6.37. The number of nitrogens with zero attached hydrogens (tertiary/aromatic N) is 4. The molecule has 2 heterocycles. The minimum absolute atomic E-state index is 0.0994. The first kappa shape index (κ1) is 24.8. The molecule has 0 saturated heterocycles. The fourth-order valence-corrected chi connectivity index (χ4v) is 5.14. The van der Waals surface area contributed by atoms with Crippen LogP contribution in [0.15, 0.2) is 30.9 Å². The predicted molar refractivity (Wildman–Crippen MR) is 125 cm³/mol. The van der Waals surface area contributed by atoms with Gasteiger partial charge >= 0.3 is 7.60 Å². The van der Waals surface area contributed by atoms with E-state index >= 15 is 0 Å². The molecule has 0 spiro atoms. The van der Waals surface area contributed by atoms with Crippen molar-refractivity contribution in [1.82, 2.24) is 19.5 Å². The predicted octanol–water partition coefficient (Wildman–Crippen LogP) is 4.24. The number of hydrogen-bond acceptors (Lipinski definition) is 9.